The van der Waals surface area contributed by atoms with Crippen LogP contribution >= 0.6 is 11.8 Å². The van der Waals surface area contributed by atoms with Crippen molar-refractivity contribution >= 4 is 23.6 Å². The van der Waals surface area contributed by atoms with Crippen LogP contribution in [0.3, 0.4) is 0 Å². The third-order valence-corrected chi connectivity index (χ3v) is 5.92. The van der Waals surface area contributed by atoms with Gasteiger partial charge in [-0.05, 0) is 61.4 Å². The number of fused-ring (bicyclic) bond motifs is 1. The third-order valence-electron chi connectivity index (χ3n) is 5.36. The molecule has 0 unspecified atom stereocenters. The molecule has 0 bridgehead atoms. The van der Waals surface area contributed by atoms with Gasteiger partial charge in [0.1, 0.15) is 0 Å². The normalized spacial score (nSPS) is 13.1. The van der Waals surface area contributed by atoms with E-state index in [0.717, 1.165) is 24.2 Å². The van der Waals surface area contributed by atoms with Crippen molar-refractivity contribution in [1.82, 2.24) is 25.6 Å². The van der Waals surface area contributed by atoms with Crippen LogP contribution in [0.4, 0.5) is 0 Å². The van der Waals surface area contributed by atoms with Crippen LogP contribution in [0.15, 0.2) is 48.5 Å². The van der Waals surface area contributed by atoms with Gasteiger partial charge < -0.3 is 10.6 Å². The molecule has 0 radical (unpaired) electrons. The van der Waals surface area contributed by atoms with Gasteiger partial charge in [0.05, 0.1) is 11.4 Å². The summed E-state index contributed by atoms with van der Waals surface area (Å²) < 4.78 is 1.68. The van der Waals surface area contributed by atoms with Crippen LogP contribution in [-0.4, -0.2) is 45.7 Å². The van der Waals surface area contributed by atoms with Gasteiger partial charge in [0.15, 0.2) is 5.69 Å². The van der Waals surface area contributed by atoms with E-state index in [9.17, 15) is 9.59 Å². The average Bonchev–Trinajstić information content (AvgIpc) is 3.38. The molecule has 0 aliphatic heterocycles. The summed E-state index contributed by atoms with van der Waals surface area (Å²) in [5.74, 6) is 0.278. The van der Waals surface area contributed by atoms with Crippen LogP contribution in [0.1, 0.15) is 44.6 Å². The van der Waals surface area contributed by atoms with Crippen LogP contribution in [0.25, 0.3) is 5.69 Å². The van der Waals surface area contributed by atoms with Crippen LogP contribution in [0.2, 0.25) is 0 Å². The number of carbonyl (C=O) groups excluding carboxylic acids is 2. The van der Waals surface area contributed by atoms with Gasteiger partial charge in [-0.3, -0.25) is 9.59 Å². The Morgan fingerprint density at radius 3 is 2.35 bits per heavy atom. The molecule has 0 spiro atoms. The molecule has 1 aliphatic rings. The molecule has 2 N–H and O–H groups in total. The molecule has 160 valence electrons. The Kier molecular flexibility index (Phi) is 6.36. The summed E-state index contributed by atoms with van der Waals surface area (Å²) in [6, 6.07) is 15.5. The topological polar surface area (TPSA) is 88.9 Å². The number of benzene rings is 2. The zero-order valence-electron chi connectivity index (χ0n) is 17.6. The summed E-state index contributed by atoms with van der Waals surface area (Å²) in [4.78, 5) is 25.0. The van der Waals surface area contributed by atoms with Gasteiger partial charge in [-0.1, -0.05) is 29.5 Å². The standard InChI is InChI=1S/C23H25N5O2S/c1-3-24-22(29)15-8-10-19(11-9-15)28-20(14-31-2)21(26-27-28)23(30)25-18-12-16-6-4-5-7-17(16)13-18/h4-11,18H,3,12-14H2,1-2H3,(H,24,29)(H,25,30). The van der Waals surface area contributed by atoms with Gasteiger partial charge in [-0.15, -0.1) is 5.10 Å². The minimum Gasteiger partial charge on any atom is -0.352 e. The molecule has 1 aliphatic carbocycles. The smallest absolute Gasteiger partial charge is 0.274 e. The molecular formula is C23H25N5O2S. The minimum atomic E-state index is -0.202. The van der Waals surface area contributed by atoms with Crippen molar-refractivity contribution in [3.05, 3.63) is 76.6 Å². The lowest BCUT2D eigenvalue weighted by Crippen LogP contribution is -2.36. The van der Waals surface area contributed by atoms with E-state index < -0.39 is 0 Å². The van der Waals surface area contributed by atoms with E-state index in [1.165, 1.54) is 11.1 Å². The molecule has 0 saturated heterocycles. The number of rotatable bonds is 7. The van der Waals surface area contributed by atoms with Gasteiger partial charge in [0, 0.05) is 23.9 Å². The second-order valence-corrected chi connectivity index (χ2v) is 8.35. The molecule has 0 fully saturated rings. The summed E-state index contributed by atoms with van der Waals surface area (Å²) in [6.07, 6.45) is 3.63. The molecule has 2 aromatic carbocycles. The Hall–Kier alpha value is -3.13. The van der Waals surface area contributed by atoms with Gasteiger partial charge in [-0.25, -0.2) is 4.68 Å². The summed E-state index contributed by atoms with van der Waals surface area (Å²) in [6.45, 7) is 2.46. The van der Waals surface area contributed by atoms with Crippen LogP contribution in [-0.2, 0) is 18.6 Å². The van der Waals surface area contributed by atoms with E-state index in [1.807, 2.05) is 37.4 Å². The molecule has 1 aromatic heterocycles. The predicted molar refractivity (Wildman–Crippen MR) is 122 cm³/mol. The number of hydrogen-bond donors (Lipinski definition) is 2. The highest BCUT2D eigenvalue weighted by Gasteiger charge is 2.26. The number of carbonyl (C=O) groups is 2. The molecule has 2 amide bonds. The first-order valence-electron chi connectivity index (χ1n) is 10.3. The molecule has 4 rings (SSSR count). The molecule has 8 heteroatoms. The van der Waals surface area contributed by atoms with E-state index in [4.69, 9.17) is 0 Å². The number of hydrogen-bond acceptors (Lipinski definition) is 5. The Morgan fingerprint density at radius 2 is 1.74 bits per heavy atom. The van der Waals surface area contributed by atoms with Crippen molar-refractivity contribution in [2.24, 2.45) is 0 Å². The second kappa shape index (κ2) is 9.34. The predicted octanol–water partition coefficient (Wildman–Crippen LogP) is 2.78. The highest BCUT2D eigenvalue weighted by atomic mass is 32.2. The highest BCUT2D eigenvalue weighted by Crippen LogP contribution is 2.23. The summed E-state index contributed by atoms with van der Waals surface area (Å²) in [7, 11) is 0. The summed E-state index contributed by atoms with van der Waals surface area (Å²) in [5, 5.41) is 14.4. The molecule has 31 heavy (non-hydrogen) atoms. The van der Waals surface area contributed by atoms with Crippen molar-refractivity contribution in [2.75, 3.05) is 12.8 Å². The summed E-state index contributed by atoms with van der Waals surface area (Å²) in [5.41, 5.74) is 5.00. The first kappa shape index (κ1) is 21.1. The van der Waals surface area contributed by atoms with E-state index in [1.54, 1.807) is 28.6 Å². The van der Waals surface area contributed by atoms with E-state index in [-0.39, 0.29) is 17.9 Å². The Labute approximate surface area is 185 Å². The molecule has 0 atom stereocenters. The first-order chi connectivity index (χ1) is 15.1. The summed E-state index contributed by atoms with van der Waals surface area (Å²) >= 11 is 1.60. The maximum Gasteiger partial charge on any atom is 0.274 e. The van der Waals surface area contributed by atoms with Crippen molar-refractivity contribution in [2.45, 2.75) is 31.6 Å². The molecule has 1 heterocycles. The molecular weight excluding hydrogens is 410 g/mol. The van der Waals surface area contributed by atoms with Gasteiger partial charge in [0.25, 0.3) is 11.8 Å². The number of aromatic nitrogens is 3. The van der Waals surface area contributed by atoms with Gasteiger partial charge in [-0.2, -0.15) is 11.8 Å². The fourth-order valence-electron chi connectivity index (χ4n) is 3.88. The van der Waals surface area contributed by atoms with E-state index in [0.29, 0.717) is 23.6 Å². The third kappa shape index (κ3) is 4.49. The number of nitrogens with one attached hydrogen (secondary N) is 2. The van der Waals surface area contributed by atoms with Crippen LogP contribution in [0.5, 0.6) is 0 Å². The maximum absolute atomic E-state index is 13.0. The fourth-order valence-corrected chi connectivity index (χ4v) is 4.42. The van der Waals surface area contributed by atoms with Crippen molar-refractivity contribution < 1.29 is 9.59 Å². The van der Waals surface area contributed by atoms with Crippen LogP contribution in [0, 0.1) is 0 Å². The number of amides is 2. The maximum atomic E-state index is 13.0. The monoisotopic (exact) mass is 435 g/mol. The Balaban J connectivity index is 1.53. The fraction of sp³-hybridized carbons (Fsp3) is 0.304. The lowest BCUT2D eigenvalue weighted by molar-refractivity contribution is 0.0930. The number of nitrogens with zero attached hydrogens (tertiary/aromatic N) is 3. The highest BCUT2D eigenvalue weighted by molar-refractivity contribution is 7.97. The van der Waals surface area contributed by atoms with Crippen molar-refractivity contribution in [3.63, 3.8) is 0 Å². The largest absolute Gasteiger partial charge is 0.352 e. The second-order valence-electron chi connectivity index (χ2n) is 7.48. The molecule has 0 saturated carbocycles. The zero-order valence-corrected chi connectivity index (χ0v) is 18.4. The van der Waals surface area contributed by atoms with Gasteiger partial charge >= 0.3 is 0 Å². The Morgan fingerprint density at radius 1 is 1.06 bits per heavy atom. The van der Waals surface area contributed by atoms with E-state index in [2.05, 4.69) is 33.1 Å². The van der Waals surface area contributed by atoms with E-state index >= 15 is 0 Å². The van der Waals surface area contributed by atoms with Crippen LogP contribution < -0.4 is 10.6 Å². The van der Waals surface area contributed by atoms with Crippen molar-refractivity contribution in [3.8, 4) is 5.69 Å². The molecule has 3 aromatic rings. The molecule has 7 nitrogen and oxygen atoms in total. The zero-order chi connectivity index (χ0) is 21.8. The first-order valence-corrected chi connectivity index (χ1v) is 11.7. The quantitative estimate of drug-likeness (QED) is 0.596. The average molecular weight is 436 g/mol. The Bertz CT molecular complexity index is 1070. The number of thioether (sulfide) groups is 1. The lowest BCUT2D eigenvalue weighted by atomic mass is 10.1. The lowest BCUT2D eigenvalue weighted by Gasteiger charge is -2.12. The van der Waals surface area contributed by atoms with Gasteiger partial charge in [0.2, 0.25) is 0 Å². The minimum absolute atomic E-state index is 0.0635. The van der Waals surface area contributed by atoms with Crippen molar-refractivity contribution in [1.29, 1.82) is 0 Å². The SMILES string of the molecule is CCNC(=O)c1ccc(-n2nnc(C(=O)NC3Cc4ccccc4C3)c2CSC)cc1.